The largest absolute Gasteiger partial charge is 0.489 e. The van der Waals surface area contributed by atoms with Crippen molar-refractivity contribution < 1.29 is 14.3 Å². The summed E-state index contributed by atoms with van der Waals surface area (Å²) in [6, 6.07) is 31.6. The lowest BCUT2D eigenvalue weighted by Crippen LogP contribution is -2.25. The number of hydrogen-bond donors (Lipinski definition) is 0. The quantitative estimate of drug-likeness (QED) is 0.417. The number of carbonyl (C=O) groups excluding carboxylic acids is 1. The van der Waals surface area contributed by atoms with E-state index in [0.717, 1.165) is 27.5 Å². The molecule has 1 atom stereocenters. The number of fused-ring (bicyclic) bond motifs is 1. The average Bonchev–Trinajstić information content (AvgIpc) is 3.29. The Balaban J connectivity index is 1.42. The first kappa shape index (κ1) is 19.8. The molecular weight excluding hydrogens is 400 g/mol. The van der Waals surface area contributed by atoms with E-state index in [1.54, 1.807) is 0 Å². The molecule has 0 saturated carbocycles. The first-order valence-corrected chi connectivity index (χ1v) is 10.5. The Morgan fingerprint density at radius 3 is 2.53 bits per heavy atom. The van der Waals surface area contributed by atoms with Gasteiger partial charge in [0.2, 0.25) is 18.0 Å². The number of hydrogen-bond acceptors (Lipinski definition) is 4. The zero-order valence-corrected chi connectivity index (χ0v) is 17.6. The third kappa shape index (κ3) is 3.93. The van der Waals surface area contributed by atoms with E-state index in [1.807, 2.05) is 97.1 Å². The summed E-state index contributed by atoms with van der Waals surface area (Å²) in [4.78, 5) is 12.4. The summed E-state index contributed by atoms with van der Waals surface area (Å²) >= 11 is 0. The Labute approximate surface area is 186 Å². The van der Waals surface area contributed by atoms with Crippen LogP contribution in [0, 0.1) is 0 Å². The molecule has 0 bridgehead atoms. The van der Waals surface area contributed by atoms with Gasteiger partial charge in [-0.25, -0.2) is 0 Å². The number of rotatable bonds is 5. The molecule has 4 aromatic carbocycles. The maximum Gasteiger partial charge on any atom is 0.243 e. The van der Waals surface area contributed by atoms with Crippen molar-refractivity contribution in [1.29, 1.82) is 0 Å². The van der Waals surface area contributed by atoms with E-state index < -0.39 is 6.23 Å². The van der Waals surface area contributed by atoms with Crippen LogP contribution in [0.1, 0.15) is 29.8 Å². The summed E-state index contributed by atoms with van der Waals surface area (Å²) < 4.78 is 12.2. The summed E-state index contributed by atoms with van der Waals surface area (Å²) in [5, 5.41) is 8.02. The predicted molar refractivity (Wildman–Crippen MR) is 124 cm³/mol. The van der Waals surface area contributed by atoms with E-state index in [-0.39, 0.29) is 5.91 Å². The fourth-order valence-electron chi connectivity index (χ4n) is 3.80. The highest BCUT2D eigenvalue weighted by molar-refractivity contribution is 6.07. The third-order valence-electron chi connectivity index (χ3n) is 5.38. The second-order valence-electron chi connectivity index (χ2n) is 7.61. The first-order valence-electron chi connectivity index (χ1n) is 10.5. The van der Waals surface area contributed by atoms with Crippen LogP contribution in [0.25, 0.3) is 10.8 Å². The molecule has 5 nitrogen and oxygen atoms in total. The molecule has 0 N–H and O–H groups in total. The van der Waals surface area contributed by atoms with Crippen LogP contribution in [-0.4, -0.2) is 16.8 Å². The summed E-state index contributed by atoms with van der Waals surface area (Å²) in [6.07, 6.45) is -0.651. The summed E-state index contributed by atoms with van der Waals surface area (Å²) in [7, 11) is 0. The second-order valence-corrected chi connectivity index (χ2v) is 7.61. The lowest BCUT2D eigenvalue weighted by Gasteiger charge is -2.20. The third-order valence-corrected chi connectivity index (χ3v) is 5.38. The summed E-state index contributed by atoms with van der Waals surface area (Å²) in [6.45, 7) is 1.95. The lowest BCUT2D eigenvalue weighted by atomic mass is 10.0. The topological polar surface area (TPSA) is 51.1 Å². The van der Waals surface area contributed by atoms with Gasteiger partial charge >= 0.3 is 0 Å². The van der Waals surface area contributed by atoms with Crippen molar-refractivity contribution in [1.82, 2.24) is 5.01 Å². The van der Waals surface area contributed by atoms with Crippen molar-refractivity contribution in [3.8, 4) is 5.75 Å². The van der Waals surface area contributed by atoms with Gasteiger partial charge in [0.1, 0.15) is 12.4 Å². The number of ether oxygens (including phenoxy) is 2. The summed E-state index contributed by atoms with van der Waals surface area (Å²) in [5.74, 6) is 0.940. The van der Waals surface area contributed by atoms with E-state index in [2.05, 4.69) is 5.10 Å². The highest BCUT2D eigenvalue weighted by Gasteiger charge is 2.33. The number of amides is 1. The van der Waals surface area contributed by atoms with Crippen LogP contribution in [0.2, 0.25) is 0 Å². The minimum atomic E-state index is -0.651. The van der Waals surface area contributed by atoms with Crippen LogP contribution in [0.3, 0.4) is 0 Å². The van der Waals surface area contributed by atoms with Gasteiger partial charge in [0.05, 0.1) is 0 Å². The van der Waals surface area contributed by atoms with Crippen LogP contribution in [0.5, 0.6) is 5.75 Å². The van der Waals surface area contributed by atoms with Crippen LogP contribution >= 0.6 is 0 Å². The van der Waals surface area contributed by atoms with E-state index in [0.29, 0.717) is 18.3 Å². The van der Waals surface area contributed by atoms with E-state index >= 15 is 0 Å². The number of carbonyl (C=O) groups is 1. The molecule has 4 aromatic rings. The van der Waals surface area contributed by atoms with Crippen molar-refractivity contribution in [2.24, 2.45) is 5.10 Å². The van der Waals surface area contributed by atoms with Crippen LogP contribution in [-0.2, 0) is 16.1 Å². The number of nitrogens with zero attached hydrogens (tertiary/aromatic N) is 2. The molecular formula is C27H22N2O3. The number of hydrazone groups is 1. The van der Waals surface area contributed by atoms with Gasteiger partial charge in [-0.05, 0) is 34.5 Å². The van der Waals surface area contributed by atoms with Crippen molar-refractivity contribution in [3.05, 3.63) is 114 Å². The molecule has 1 aliphatic rings. The van der Waals surface area contributed by atoms with E-state index in [9.17, 15) is 4.79 Å². The second kappa shape index (κ2) is 8.55. The van der Waals surface area contributed by atoms with Crippen molar-refractivity contribution in [3.63, 3.8) is 0 Å². The maximum atomic E-state index is 12.4. The molecule has 0 aromatic heterocycles. The minimum absolute atomic E-state index is 0.194. The smallest absolute Gasteiger partial charge is 0.243 e. The Morgan fingerprint density at radius 2 is 1.69 bits per heavy atom. The zero-order chi connectivity index (χ0) is 21.9. The van der Waals surface area contributed by atoms with Gasteiger partial charge in [0.15, 0.2) is 0 Å². The molecule has 0 aliphatic carbocycles. The zero-order valence-electron chi connectivity index (χ0n) is 17.6. The van der Waals surface area contributed by atoms with Crippen molar-refractivity contribution in [2.45, 2.75) is 19.8 Å². The summed E-state index contributed by atoms with van der Waals surface area (Å²) in [5.41, 5.74) is 2.74. The minimum Gasteiger partial charge on any atom is -0.489 e. The van der Waals surface area contributed by atoms with Gasteiger partial charge in [0.25, 0.3) is 0 Å². The first-order chi connectivity index (χ1) is 15.7. The molecule has 1 aliphatic heterocycles. The molecule has 32 heavy (non-hydrogen) atoms. The van der Waals surface area contributed by atoms with Gasteiger partial charge < -0.3 is 9.47 Å². The molecule has 5 rings (SSSR count). The lowest BCUT2D eigenvalue weighted by molar-refractivity contribution is -0.135. The Kier molecular flexibility index (Phi) is 5.30. The molecule has 0 spiro atoms. The van der Waals surface area contributed by atoms with Crippen molar-refractivity contribution in [2.75, 3.05) is 0 Å². The molecule has 0 radical (unpaired) electrons. The fraction of sp³-hybridized carbons (Fsp3) is 0.111. The van der Waals surface area contributed by atoms with Crippen molar-refractivity contribution >= 4 is 22.6 Å². The average molecular weight is 422 g/mol. The highest BCUT2D eigenvalue weighted by atomic mass is 16.5. The number of benzene rings is 4. The molecule has 0 fully saturated rings. The fourth-order valence-corrected chi connectivity index (χ4v) is 3.80. The van der Waals surface area contributed by atoms with Gasteiger partial charge in [-0.2, -0.15) is 5.01 Å². The van der Waals surface area contributed by atoms with Gasteiger partial charge in [-0.3, -0.25) is 4.79 Å². The Morgan fingerprint density at radius 1 is 0.938 bits per heavy atom. The highest BCUT2D eigenvalue weighted by Crippen LogP contribution is 2.33. The Bertz CT molecular complexity index is 1300. The molecule has 158 valence electrons. The molecule has 0 saturated heterocycles. The van der Waals surface area contributed by atoms with E-state index in [4.69, 9.17) is 9.47 Å². The predicted octanol–water partition coefficient (Wildman–Crippen LogP) is 5.66. The van der Waals surface area contributed by atoms with Gasteiger partial charge in [0, 0.05) is 18.1 Å². The van der Waals surface area contributed by atoms with Crippen LogP contribution in [0.4, 0.5) is 0 Å². The monoisotopic (exact) mass is 422 g/mol. The van der Waals surface area contributed by atoms with Crippen LogP contribution < -0.4 is 4.74 Å². The molecule has 5 heteroatoms. The van der Waals surface area contributed by atoms with Gasteiger partial charge in [-0.1, -0.05) is 78.9 Å². The normalized spacial score (nSPS) is 15.3. The SMILES string of the molecule is CC(=O)N1N=C(c2cccc3ccccc23)O[C@@H]1c1cccc(OCc2ccccc2)c1. The van der Waals surface area contributed by atoms with Crippen LogP contribution in [0.15, 0.2) is 102 Å². The van der Waals surface area contributed by atoms with E-state index in [1.165, 1.54) is 11.9 Å². The molecule has 1 amide bonds. The molecule has 1 heterocycles. The standard InChI is InChI=1S/C27H22N2O3/c1-19(30)29-27(22-13-7-14-23(17-22)31-18-20-9-3-2-4-10-20)32-26(28-29)25-16-8-12-21-11-5-6-15-24(21)25/h2-17,27H,18H2,1H3/t27-/m1/s1. The maximum absolute atomic E-state index is 12.4. The molecule has 0 unspecified atom stereocenters. The Hall–Kier alpha value is -4.12. The van der Waals surface area contributed by atoms with Gasteiger partial charge in [-0.15, -0.1) is 5.10 Å².